The molecule has 2 rings (SSSR count). The highest BCUT2D eigenvalue weighted by Crippen LogP contribution is 2.22. The van der Waals surface area contributed by atoms with Crippen molar-refractivity contribution in [1.29, 1.82) is 0 Å². The molecule has 0 radical (unpaired) electrons. The van der Waals surface area contributed by atoms with Gasteiger partial charge >= 0.3 is 0 Å². The van der Waals surface area contributed by atoms with E-state index in [-0.39, 0.29) is 0 Å². The second-order valence-electron chi connectivity index (χ2n) is 4.06. The quantitative estimate of drug-likeness (QED) is 0.712. The average Bonchev–Trinajstić information content (AvgIpc) is 2.47. The molecular weight excluding hydrogens is 392 g/mol. The zero-order valence-electron chi connectivity index (χ0n) is 10.0. The lowest BCUT2D eigenvalue weighted by atomic mass is 10.2. The molecule has 2 aromatic rings. The monoisotopic (exact) mass is 402 g/mol. The van der Waals surface area contributed by atoms with E-state index in [1.165, 1.54) is 0 Å². The van der Waals surface area contributed by atoms with E-state index in [0.29, 0.717) is 20.5 Å². The normalized spacial score (nSPS) is 11.5. The van der Waals surface area contributed by atoms with E-state index >= 15 is 0 Å². The standard InChI is InChI=1S/C14H12Br2O2S/c15-9-11-1-5-13(6-2-11)19(17,18)14-7-3-12(10-16)4-8-14/h1-8H,9-10H2. The molecule has 5 heteroatoms. The molecule has 0 aromatic heterocycles. The third kappa shape index (κ3) is 3.27. The van der Waals surface area contributed by atoms with Crippen LogP contribution in [0.25, 0.3) is 0 Å². The molecule has 2 aromatic carbocycles. The maximum absolute atomic E-state index is 12.4. The van der Waals surface area contributed by atoms with Crippen molar-refractivity contribution in [1.82, 2.24) is 0 Å². The molecule has 0 atom stereocenters. The van der Waals surface area contributed by atoms with E-state index in [2.05, 4.69) is 31.9 Å². The van der Waals surface area contributed by atoms with Crippen molar-refractivity contribution in [2.45, 2.75) is 20.5 Å². The Bertz CT molecular complexity index is 593. The molecule has 0 saturated heterocycles. The lowest BCUT2D eigenvalue weighted by molar-refractivity contribution is 0.596. The fraction of sp³-hybridized carbons (Fsp3) is 0.143. The summed E-state index contributed by atoms with van der Waals surface area (Å²) < 4.78 is 24.8. The SMILES string of the molecule is O=S(=O)(c1ccc(CBr)cc1)c1ccc(CBr)cc1. The fourth-order valence-electron chi connectivity index (χ4n) is 1.65. The summed E-state index contributed by atoms with van der Waals surface area (Å²) in [4.78, 5) is 0.646. The molecule has 0 aliphatic rings. The zero-order chi connectivity index (χ0) is 13.9. The maximum atomic E-state index is 12.4. The molecule has 19 heavy (non-hydrogen) atoms. The van der Waals surface area contributed by atoms with Gasteiger partial charge in [-0.3, -0.25) is 0 Å². The van der Waals surface area contributed by atoms with Gasteiger partial charge in [0.05, 0.1) is 9.79 Å². The van der Waals surface area contributed by atoms with Crippen LogP contribution in [0.3, 0.4) is 0 Å². The number of benzene rings is 2. The van der Waals surface area contributed by atoms with Gasteiger partial charge in [-0.05, 0) is 35.4 Å². The summed E-state index contributed by atoms with van der Waals surface area (Å²) in [6, 6.07) is 13.8. The van der Waals surface area contributed by atoms with E-state index in [1.54, 1.807) is 24.3 Å². The Morgan fingerprint density at radius 2 is 1.00 bits per heavy atom. The zero-order valence-corrected chi connectivity index (χ0v) is 14.0. The van der Waals surface area contributed by atoms with Gasteiger partial charge in [-0.25, -0.2) is 8.42 Å². The lowest BCUT2D eigenvalue weighted by Gasteiger charge is -2.06. The first-order valence-electron chi connectivity index (χ1n) is 5.63. The molecule has 0 bridgehead atoms. The van der Waals surface area contributed by atoms with Crippen LogP contribution in [-0.4, -0.2) is 8.42 Å². The minimum absolute atomic E-state index is 0.323. The van der Waals surface area contributed by atoms with Crippen molar-refractivity contribution in [3.05, 3.63) is 59.7 Å². The Morgan fingerprint density at radius 1 is 0.684 bits per heavy atom. The lowest BCUT2D eigenvalue weighted by Crippen LogP contribution is -2.02. The number of halogens is 2. The van der Waals surface area contributed by atoms with Crippen molar-refractivity contribution in [3.63, 3.8) is 0 Å². The van der Waals surface area contributed by atoms with Crippen LogP contribution in [0.4, 0.5) is 0 Å². The minimum atomic E-state index is -3.42. The minimum Gasteiger partial charge on any atom is -0.219 e. The highest BCUT2D eigenvalue weighted by Gasteiger charge is 2.17. The Morgan fingerprint density at radius 3 is 1.26 bits per heavy atom. The Labute approximate surface area is 130 Å². The summed E-state index contributed by atoms with van der Waals surface area (Å²) in [5.41, 5.74) is 2.10. The van der Waals surface area contributed by atoms with Crippen molar-refractivity contribution in [3.8, 4) is 0 Å². The highest BCUT2D eigenvalue weighted by atomic mass is 79.9. The molecule has 0 spiro atoms. The Hall–Kier alpha value is -0.650. The summed E-state index contributed by atoms with van der Waals surface area (Å²) in [6.45, 7) is 0. The molecule has 0 saturated carbocycles. The van der Waals surface area contributed by atoms with Crippen molar-refractivity contribution in [2.24, 2.45) is 0 Å². The van der Waals surface area contributed by atoms with Gasteiger partial charge in [-0.1, -0.05) is 56.1 Å². The molecule has 2 nitrogen and oxygen atoms in total. The first-order valence-corrected chi connectivity index (χ1v) is 9.35. The van der Waals surface area contributed by atoms with Gasteiger partial charge in [0.2, 0.25) is 9.84 Å². The number of sulfone groups is 1. The first-order chi connectivity index (χ1) is 9.07. The van der Waals surface area contributed by atoms with Crippen LogP contribution in [0.1, 0.15) is 11.1 Å². The number of rotatable bonds is 4. The van der Waals surface area contributed by atoms with E-state index in [9.17, 15) is 8.42 Å². The van der Waals surface area contributed by atoms with Crippen molar-refractivity contribution >= 4 is 41.7 Å². The smallest absolute Gasteiger partial charge is 0.206 e. The fourth-order valence-corrected chi connectivity index (χ4v) is 3.66. The van der Waals surface area contributed by atoms with E-state index in [4.69, 9.17) is 0 Å². The summed E-state index contributed by atoms with van der Waals surface area (Å²) in [7, 11) is -3.42. The number of hydrogen-bond acceptors (Lipinski definition) is 2. The molecular formula is C14H12Br2O2S. The molecule has 0 heterocycles. The van der Waals surface area contributed by atoms with Crippen molar-refractivity contribution in [2.75, 3.05) is 0 Å². The Balaban J connectivity index is 2.39. The second-order valence-corrected chi connectivity index (χ2v) is 7.13. The van der Waals surface area contributed by atoms with Crippen LogP contribution in [0.15, 0.2) is 58.3 Å². The first kappa shape index (κ1) is 14.8. The predicted octanol–water partition coefficient (Wildman–Crippen LogP) is 4.31. The van der Waals surface area contributed by atoms with Crippen LogP contribution >= 0.6 is 31.9 Å². The van der Waals surface area contributed by atoms with Crippen LogP contribution in [0.5, 0.6) is 0 Å². The van der Waals surface area contributed by atoms with Crippen LogP contribution in [0.2, 0.25) is 0 Å². The molecule has 0 fully saturated rings. The third-order valence-electron chi connectivity index (χ3n) is 2.78. The summed E-state index contributed by atoms with van der Waals surface area (Å²) in [6.07, 6.45) is 0. The topological polar surface area (TPSA) is 34.1 Å². The van der Waals surface area contributed by atoms with Gasteiger partial charge in [0, 0.05) is 10.7 Å². The van der Waals surface area contributed by atoms with Crippen molar-refractivity contribution < 1.29 is 8.42 Å². The van der Waals surface area contributed by atoms with Crippen LogP contribution in [-0.2, 0) is 20.5 Å². The molecule has 100 valence electrons. The maximum Gasteiger partial charge on any atom is 0.206 e. The third-order valence-corrected chi connectivity index (χ3v) is 5.86. The molecule has 0 amide bonds. The molecule has 0 N–H and O–H groups in total. The van der Waals surface area contributed by atoms with Gasteiger partial charge in [0.25, 0.3) is 0 Å². The predicted molar refractivity (Wildman–Crippen MR) is 83.6 cm³/mol. The second kappa shape index (κ2) is 6.20. The Kier molecular flexibility index (Phi) is 4.81. The molecule has 0 unspecified atom stereocenters. The van der Waals surface area contributed by atoms with E-state index in [0.717, 1.165) is 11.1 Å². The van der Waals surface area contributed by atoms with E-state index < -0.39 is 9.84 Å². The van der Waals surface area contributed by atoms with Gasteiger partial charge in [0.1, 0.15) is 0 Å². The molecule has 0 aliphatic heterocycles. The summed E-state index contributed by atoms with van der Waals surface area (Å²) in [5, 5.41) is 1.43. The van der Waals surface area contributed by atoms with Gasteiger partial charge in [-0.2, -0.15) is 0 Å². The largest absolute Gasteiger partial charge is 0.219 e. The average molecular weight is 404 g/mol. The van der Waals surface area contributed by atoms with Crippen LogP contribution in [0, 0.1) is 0 Å². The van der Waals surface area contributed by atoms with Gasteiger partial charge < -0.3 is 0 Å². The van der Waals surface area contributed by atoms with Gasteiger partial charge in [-0.15, -0.1) is 0 Å². The van der Waals surface area contributed by atoms with Crippen LogP contribution < -0.4 is 0 Å². The number of hydrogen-bond donors (Lipinski definition) is 0. The van der Waals surface area contributed by atoms with Gasteiger partial charge in [0.15, 0.2) is 0 Å². The summed E-state index contributed by atoms with van der Waals surface area (Å²) in [5.74, 6) is 0. The number of alkyl halides is 2. The highest BCUT2D eigenvalue weighted by molar-refractivity contribution is 9.08. The van der Waals surface area contributed by atoms with E-state index in [1.807, 2.05) is 24.3 Å². The molecule has 0 aliphatic carbocycles. The summed E-state index contributed by atoms with van der Waals surface area (Å²) >= 11 is 6.68.